The molecular formula is C22H35NO3S. The molecule has 0 saturated carbocycles. The lowest BCUT2D eigenvalue weighted by atomic mass is 9.84. The maximum absolute atomic E-state index is 12.8. The van der Waals surface area contributed by atoms with Crippen molar-refractivity contribution in [3.05, 3.63) is 34.4 Å². The predicted molar refractivity (Wildman–Crippen MR) is 112 cm³/mol. The summed E-state index contributed by atoms with van der Waals surface area (Å²) in [5.74, 6) is -0.727. The average Bonchev–Trinajstić information content (AvgIpc) is 2.49. The monoisotopic (exact) mass is 393 g/mol. The van der Waals surface area contributed by atoms with Crippen molar-refractivity contribution >= 4 is 15.7 Å². The van der Waals surface area contributed by atoms with Crippen molar-refractivity contribution in [2.75, 3.05) is 5.75 Å². The van der Waals surface area contributed by atoms with E-state index in [0.717, 1.165) is 36.0 Å². The van der Waals surface area contributed by atoms with E-state index in [-0.39, 0.29) is 29.2 Å². The molecule has 1 aromatic rings. The molecule has 152 valence electrons. The first-order valence-corrected chi connectivity index (χ1v) is 11.8. The zero-order valence-electron chi connectivity index (χ0n) is 17.9. The molecule has 0 N–H and O–H groups in total. The van der Waals surface area contributed by atoms with Gasteiger partial charge in [-0.3, -0.25) is 4.79 Å². The molecule has 1 amide bonds. The summed E-state index contributed by atoms with van der Waals surface area (Å²) in [6.07, 6.45) is 2.99. The highest BCUT2D eigenvalue weighted by Gasteiger charge is 2.32. The molecule has 1 saturated heterocycles. The summed E-state index contributed by atoms with van der Waals surface area (Å²) in [5.41, 5.74) is 4.01. The average molecular weight is 394 g/mol. The predicted octanol–water partition coefficient (Wildman–Crippen LogP) is 4.31. The zero-order chi connectivity index (χ0) is 20.6. The van der Waals surface area contributed by atoms with Crippen LogP contribution in [0.5, 0.6) is 0 Å². The molecule has 0 spiro atoms. The fourth-order valence-electron chi connectivity index (χ4n) is 4.10. The van der Waals surface area contributed by atoms with Crippen LogP contribution in [0.2, 0.25) is 0 Å². The lowest BCUT2D eigenvalue weighted by molar-refractivity contribution is -0.134. The summed E-state index contributed by atoms with van der Waals surface area (Å²) in [7, 11) is -3.51. The van der Waals surface area contributed by atoms with E-state index in [1.165, 1.54) is 5.56 Å². The molecule has 0 aromatic heterocycles. The van der Waals surface area contributed by atoms with Crippen LogP contribution in [0.1, 0.15) is 76.1 Å². The largest absolute Gasteiger partial charge is 0.336 e. The highest BCUT2D eigenvalue weighted by molar-refractivity contribution is 7.91. The van der Waals surface area contributed by atoms with Crippen LogP contribution in [0.4, 0.5) is 0 Å². The van der Waals surface area contributed by atoms with Gasteiger partial charge >= 0.3 is 0 Å². The third-order valence-electron chi connectivity index (χ3n) is 5.75. The first-order valence-electron chi connectivity index (χ1n) is 9.94. The molecule has 0 aliphatic carbocycles. The van der Waals surface area contributed by atoms with Gasteiger partial charge < -0.3 is 4.90 Å². The Hall–Kier alpha value is -1.36. The Morgan fingerprint density at radius 1 is 1.07 bits per heavy atom. The smallest absolute Gasteiger partial charge is 0.238 e. The number of hydrogen-bond donors (Lipinski definition) is 0. The number of likely N-dealkylation sites (tertiary alicyclic amines) is 1. The molecule has 1 heterocycles. The second-order valence-electron chi connectivity index (χ2n) is 9.30. The van der Waals surface area contributed by atoms with Gasteiger partial charge in [-0.05, 0) is 74.6 Å². The van der Waals surface area contributed by atoms with Crippen molar-refractivity contribution in [1.82, 2.24) is 4.90 Å². The number of aryl methyl sites for hydroxylation is 2. The van der Waals surface area contributed by atoms with Crippen molar-refractivity contribution in [2.24, 2.45) is 0 Å². The van der Waals surface area contributed by atoms with Crippen LogP contribution in [-0.4, -0.2) is 37.1 Å². The molecule has 1 aliphatic heterocycles. The number of amides is 1. The lowest BCUT2D eigenvalue weighted by Gasteiger charge is -2.39. The maximum atomic E-state index is 12.8. The zero-order valence-corrected chi connectivity index (χ0v) is 18.7. The van der Waals surface area contributed by atoms with Gasteiger partial charge in [-0.25, -0.2) is 8.42 Å². The van der Waals surface area contributed by atoms with Gasteiger partial charge in [0.25, 0.3) is 0 Å². The van der Waals surface area contributed by atoms with E-state index >= 15 is 0 Å². The third-order valence-corrected chi connectivity index (χ3v) is 7.17. The molecule has 27 heavy (non-hydrogen) atoms. The molecular weight excluding hydrogens is 358 g/mol. The van der Waals surface area contributed by atoms with Crippen molar-refractivity contribution in [3.63, 3.8) is 0 Å². The molecule has 1 fully saturated rings. The fourth-order valence-corrected chi connectivity index (χ4v) is 5.62. The van der Waals surface area contributed by atoms with Crippen LogP contribution in [0.15, 0.2) is 12.1 Å². The van der Waals surface area contributed by atoms with Crippen molar-refractivity contribution < 1.29 is 13.2 Å². The Balaban J connectivity index is 2.20. The summed E-state index contributed by atoms with van der Waals surface area (Å²) in [6, 6.07) is 4.39. The van der Waals surface area contributed by atoms with E-state index in [4.69, 9.17) is 0 Å². The number of rotatable bonds is 4. The summed E-state index contributed by atoms with van der Waals surface area (Å²) < 4.78 is 25.6. The quantitative estimate of drug-likeness (QED) is 0.766. The van der Waals surface area contributed by atoms with E-state index < -0.39 is 15.6 Å². The molecule has 4 nitrogen and oxygen atoms in total. The molecule has 5 heteroatoms. The first-order chi connectivity index (χ1) is 12.3. The minimum Gasteiger partial charge on any atom is -0.336 e. The summed E-state index contributed by atoms with van der Waals surface area (Å²) in [5, 5.41) is 0. The van der Waals surface area contributed by atoms with Gasteiger partial charge in [0.15, 0.2) is 9.84 Å². The molecule has 2 atom stereocenters. The van der Waals surface area contributed by atoms with E-state index in [1.54, 1.807) is 4.90 Å². The van der Waals surface area contributed by atoms with Crippen LogP contribution in [0.3, 0.4) is 0 Å². The SMILES string of the molecule is Cc1cc(C(C)(C)C)cc(C)c1CS(=O)(=O)CC(=O)N1C(C)CCCC1C. The van der Waals surface area contributed by atoms with Crippen molar-refractivity contribution in [2.45, 2.75) is 91.0 Å². The van der Waals surface area contributed by atoms with E-state index in [2.05, 4.69) is 32.9 Å². The maximum Gasteiger partial charge on any atom is 0.238 e. The van der Waals surface area contributed by atoms with Gasteiger partial charge in [0, 0.05) is 12.1 Å². The number of nitrogens with zero attached hydrogens (tertiary/aromatic N) is 1. The van der Waals surface area contributed by atoms with Crippen LogP contribution < -0.4 is 0 Å². The minimum absolute atomic E-state index is 0.0173. The van der Waals surface area contributed by atoms with E-state index in [0.29, 0.717) is 0 Å². The molecule has 2 unspecified atom stereocenters. The summed E-state index contributed by atoms with van der Waals surface area (Å²) in [4.78, 5) is 14.5. The van der Waals surface area contributed by atoms with Crippen LogP contribution in [0.25, 0.3) is 0 Å². The lowest BCUT2D eigenvalue weighted by Crippen LogP contribution is -2.49. The Morgan fingerprint density at radius 2 is 1.56 bits per heavy atom. The second-order valence-corrected chi connectivity index (χ2v) is 11.4. The molecule has 0 bridgehead atoms. The van der Waals surface area contributed by atoms with Crippen LogP contribution >= 0.6 is 0 Å². The van der Waals surface area contributed by atoms with Crippen LogP contribution in [-0.2, 0) is 25.8 Å². The molecule has 1 aliphatic rings. The standard InChI is InChI=1S/C22H35NO3S/c1-15-11-19(22(5,6)7)12-16(2)20(15)13-27(25,26)14-21(24)23-17(3)9-8-10-18(23)4/h11-12,17-18H,8-10,13-14H2,1-7H3. The van der Waals surface area contributed by atoms with Crippen molar-refractivity contribution in [3.8, 4) is 0 Å². The second kappa shape index (κ2) is 7.94. The van der Waals surface area contributed by atoms with Gasteiger partial charge in [-0.1, -0.05) is 32.9 Å². The van der Waals surface area contributed by atoms with Gasteiger partial charge in [0.2, 0.25) is 5.91 Å². The minimum atomic E-state index is -3.51. The highest BCUT2D eigenvalue weighted by Crippen LogP contribution is 2.28. The number of carbonyl (C=O) groups is 1. The Morgan fingerprint density at radius 3 is 2.00 bits per heavy atom. The Labute approximate surface area is 165 Å². The fraction of sp³-hybridized carbons (Fsp3) is 0.682. The normalized spacial score (nSPS) is 21.4. The van der Waals surface area contributed by atoms with Crippen LogP contribution in [0, 0.1) is 13.8 Å². The molecule has 2 rings (SSSR count). The van der Waals surface area contributed by atoms with Gasteiger partial charge in [0.1, 0.15) is 5.75 Å². The third kappa shape index (κ3) is 5.34. The molecule has 1 aromatic carbocycles. The Kier molecular flexibility index (Phi) is 6.45. The van der Waals surface area contributed by atoms with E-state index in [9.17, 15) is 13.2 Å². The topological polar surface area (TPSA) is 54.5 Å². The molecule has 0 radical (unpaired) electrons. The number of benzene rings is 1. The van der Waals surface area contributed by atoms with E-state index in [1.807, 2.05) is 27.7 Å². The van der Waals surface area contributed by atoms with Gasteiger partial charge in [0.05, 0.1) is 5.75 Å². The van der Waals surface area contributed by atoms with Crippen molar-refractivity contribution in [1.29, 1.82) is 0 Å². The number of hydrogen-bond acceptors (Lipinski definition) is 3. The number of piperidine rings is 1. The summed E-state index contributed by atoms with van der Waals surface area (Å²) in [6.45, 7) is 14.4. The number of carbonyl (C=O) groups excluding carboxylic acids is 1. The highest BCUT2D eigenvalue weighted by atomic mass is 32.2. The van der Waals surface area contributed by atoms with Gasteiger partial charge in [-0.15, -0.1) is 0 Å². The number of sulfone groups is 1. The van der Waals surface area contributed by atoms with Gasteiger partial charge in [-0.2, -0.15) is 0 Å². The Bertz CT molecular complexity index is 772. The summed E-state index contributed by atoms with van der Waals surface area (Å²) >= 11 is 0. The first kappa shape index (κ1) is 21.9.